The van der Waals surface area contributed by atoms with Crippen LogP contribution >= 0.6 is 0 Å². The van der Waals surface area contributed by atoms with E-state index in [1.54, 1.807) is 0 Å². The number of hydrogen-bond acceptors (Lipinski definition) is 2. The van der Waals surface area contributed by atoms with E-state index in [0.29, 0.717) is 6.04 Å². The van der Waals surface area contributed by atoms with Gasteiger partial charge in [0.2, 0.25) is 0 Å². The van der Waals surface area contributed by atoms with Crippen LogP contribution in [0.3, 0.4) is 0 Å². The lowest BCUT2D eigenvalue weighted by Gasteiger charge is -2.32. The summed E-state index contributed by atoms with van der Waals surface area (Å²) < 4.78 is 0. The first-order valence-electron chi connectivity index (χ1n) is 5.22. The molecule has 0 spiro atoms. The van der Waals surface area contributed by atoms with Crippen LogP contribution in [0.5, 0.6) is 0 Å². The minimum Gasteiger partial charge on any atom is -0.360 e. The van der Waals surface area contributed by atoms with E-state index in [1.165, 1.54) is 19.6 Å². The molecule has 0 bridgehead atoms. The van der Waals surface area contributed by atoms with Crippen molar-refractivity contribution in [1.82, 2.24) is 9.80 Å². The smallest absolute Gasteiger partial charge is 0.0853 e. The van der Waals surface area contributed by atoms with Crippen LogP contribution in [0.2, 0.25) is 0 Å². The molecule has 0 aromatic heterocycles. The van der Waals surface area contributed by atoms with Gasteiger partial charge in [-0.3, -0.25) is 4.99 Å². The molecule has 0 atom stereocenters. The summed E-state index contributed by atoms with van der Waals surface area (Å²) in [4.78, 5) is 9.17. The van der Waals surface area contributed by atoms with Crippen molar-refractivity contribution in [3.05, 3.63) is 0 Å². The van der Waals surface area contributed by atoms with Gasteiger partial charge < -0.3 is 9.80 Å². The van der Waals surface area contributed by atoms with Gasteiger partial charge in [-0.15, -0.1) is 0 Å². The maximum atomic E-state index is 4.38. The van der Waals surface area contributed by atoms with Crippen molar-refractivity contribution in [3.8, 4) is 0 Å². The molecule has 3 nitrogen and oxygen atoms in total. The molecule has 1 saturated heterocycles. The van der Waals surface area contributed by atoms with Crippen LogP contribution in [0.15, 0.2) is 4.99 Å². The minimum atomic E-state index is 0.421. The molecule has 0 aromatic carbocycles. The van der Waals surface area contributed by atoms with E-state index in [1.807, 2.05) is 6.34 Å². The molecule has 0 saturated carbocycles. The Morgan fingerprint density at radius 3 is 2.31 bits per heavy atom. The molecule has 0 radical (unpaired) electrons. The van der Waals surface area contributed by atoms with Crippen molar-refractivity contribution in [1.29, 1.82) is 0 Å². The Bertz CT molecular complexity index is 158. The highest BCUT2D eigenvalue weighted by molar-refractivity contribution is 5.55. The summed E-state index contributed by atoms with van der Waals surface area (Å²) in [5.74, 6) is 0. The summed E-state index contributed by atoms with van der Waals surface area (Å²) in [6.07, 6.45) is 2.01. The van der Waals surface area contributed by atoms with Crippen LogP contribution in [-0.4, -0.2) is 54.9 Å². The predicted octanol–water partition coefficient (Wildman–Crippen LogP) is 1.06. The minimum absolute atomic E-state index is 0.421. The van der Waals surface area contributed by atoms with Crippen LogP contribution in [0.25, 0.3) is 0 Å². The second-order valence-electron chi connectivity index (χ2n) is 3.83. The van der Waals surface area contributed by atoms with Crippen molar-refractivity contribution in [3.63, 3.8) is 0 Å². The third kappa shape index (κ3) is 3.77. The normalized spacial score (nSPS) is 20.5. The lowest BCUT2D eigenvalue weighted by atomic mass is 10.3. The van der Waals surface area contributed by atoms with Crippen molar-refractivity contribution in [2.75, 3.05) is 32.7 Å². The molecule has 76 valence electrons. The highest BCUT2D eigenvalue weighted by Gasteiger charge is 2.12. The summed E-state index contributed by atoms with van der Waals surface area (Å²) in [6, 6.07) is 0.421. The van der Waals surface area contributed by atoms with E-state index < -0.39 is 0 Å². The number of likely N-dealkylation sites (N-methyl/N-ethyl adjacent to an activating group) is 1. The average molecular weight is 183 g/mol. The van der Waals surface area contributed by atoms with Crippen molar-refractivity contribution in [2.45, 2.75) is 26.8 Å². The lowest BCUT2D eigenvalue weighted by Crippen LogP contribution is -2.45. The van der Waals surface area contributed by atoms with E-state index in [4.69, 9.17) is 0 Å². The number of piperazine rings is 1. The molecule has 1 heterocycles. The molecule has 1 aliphatic heterocycles. The number of aliphatic imine (C=N–C) groups is 1. The zero-order valence-electron chi connectivity index (χ0n) is 9.03. The van der Waals surface area contributed by atoms with Crippen LogP contribution in [0.1, 0.15) is 20.8 Å². The molecule has 0 aromatic rings. The summed E-state index contributed by atoms with van der Waals surface area (Å²) in [6.45, 7) is 12.2. The molecular weight excluding hydrogens is 162 g/mol. The predicted molar refractivity (Wildman–Crippen MR) is 57.3 cm³/mol. The number of hydrogen-bond donors (Lipinski definition) is 0. The third-order valence-electron chi connectivity index (χ3n) is 2.38. The Hall–Kier alpha value is -0.570. The molecule has 1 rings (SSSR count). The Labute approximate surface area is 81.4 Å². The zero-order valence-corrected chi connectivity index (χ0v) is 9.03. The largest absolute Gasteiger partial charge is 0.360 e. The van der Waals surface area contributed by atoms with Gasteiger partial charge in [0.15, 0.2) is 0 Å². The van der Waals surface area contributed by atoms with Crippen LogP contribution in [-0.2, 0) is 0 Å². The van der Waals surface area contributed by atoms with Gasteiger partial charge >= 0.3 is 0 Å². The standard InChI is InChI=1S/C10H21N3/c1-4-12-5-7-13(8-6-12)9-11-10(2)3/h9-10H,4-8H2,1-3H3. The Balaban J connectivity index is 2.25. The topological polar surface area (TPSA) is 18.8 Å². The van der Waals surface area contributed by atoms with Crippen molar-refractivity contribution >= 4 is 6.34 Å². The fourth-order valence-electron chi connectivity index (χ4n) is 1.42. The maximum Gasteiger partial charge on any atom is 0.0853 e. The average Bonchev–Trinajstić information content (AvgIpc) is 2.15. The first-order chi connectivity index (χ1) is 6.22. The van der Waals surface area contributed by atoms with E-state index >= 15 is 0 Å². The molecule has 0 aliphatic carbocycles. The quantitative estimate of drug-likeness (QED) is 0.481. The van der Waals surface area contributed by atoms with E-state index in [9.17, 15) is 0 Å². The molecule has 0 amide bonds. The SMILES string of the molecule is CCN1CCN(C=NC(C)C)CC1. The molecule has 1 aliphatic rings. The summed E-state index contributed by atoms with van der Waals surface area (Å²) in [7, 11) is 0. The third-order valence-corrected chi connectivity index (χ3v) is 2.38. The van der Waals surface area contributed by atoms with Gasteiger partial charge in [-0.1, -0.05) is 6.92 Å². The van der Waals surface area contributed by atoms with Gasteiger partial charge in [-0.25, -0.2) is 0 Å². The monoisotopic (exact) mass is 183 g/mol. The highest BCUT2D eigenvalue weighted by Crippen LogP contribution is 1.99. The molecule has 1 fully saturated rings. The molecule has 3 heteroatoms. The van der Waals surface area contributed by atoms with Gasteiger partial charge in [0.1, 0.15) is 0 Å². The van der Waals surface area contributed by atoms with Crippen LogP contribution in [0.4, 0.5) is 0 Å². The number of nitrogens with zero attached hydrogens (tertiary/aromatic N) is 3. The lowest BCUT2D eigenvalue weighted by molar-refractivity contribution is 0.193. The fraction of sp³-hybridized carbons (Fsp3) is 0.900. The first-order valence-corrected chi connectivity index (χ1v) is 5.22. The zero-order chi connectivity index (χ0) is 9.68. The Kier molecular flexibility index (Phi) is 4.22. The summed E-state index contributed by atoms with van der Waals surface area (Å²) in [5, 5.41) is 0. The second-order valence-corrected chi connectivity index (χ2v) is 3.83. The second kappa shape index (κ2) is 5.22. The van der Waals surface area contributed by atoms with Crippen LogP contribution < -0.4 is 0 Å². The van der Waals surface area contributed by atoms with Gasteiger partial charge in [0.05, 0.1) is 6.34 Å². The Morgan fingerprint density at radius 1 is 1.23 bits per heavy atom. The first kappa shape index (κ1) is 10.5. The summed E-state index contributed by atoms with van der Waals surface area (Å²) in [5.41, 5.74) is 0. The molecule has 13 heavy (non-hydrogen) atoms. The molecule has 0 N–H and O–H groups in total. The Morgan fingerprint density at radius 2 is 1.85 bits per heavy atom. The van der Waals surface area contributed by atoms with Crippen LogP contribution in [0, 0.1) is 0 Å². The van der Waals surface area contributed by atoms with Crippen molar-refractivity contribution in [2.24, 2.45) is 4.99 Å². The number of rotatable bonds is 3. The van der Waals surface area contributed by atoms with Gasteiger partial charge in [-0.2, -0.15) is 0 Å². The maximum absolute atomic E-state index is 4.38. The molecular formula is C10H21N3. The van der Waals surface area contributed by atoms with Gasteiger partial charge in [0.25, 0.3) is 0 Å². The highest BCUT2D eigenvalue weighted by atomic mass is 15.3. The van der Waals surface area contributed by atoms with Gasteiger partial charge in [0, 0.05) is 32.2 Å². The van der Waals surface area contributed by atoms with E-state index in [0.717, 1.165) is 13.1 Å². The van der Waals surface area contributed by atoms with Gasteiger partial charge in [-0.05, 0) is 20.4 Å². The van der Waals surface area contributed by atoms with Crippen molar-refractivity contribution < 1.29 is 0 Å². The van der Waals surface area contributed by atoms with E-state index in [2.05, 4.69) is 35.6 Å². The summed E-state index contributed by atoms with van der Waals surface area (Å²) >= 11 is 0. The van der Waals surface area contributed by atoms with E-state index in [-0.39, 0.29) is 0 Å². The molecule has 0 unspecified atom stereocenters. The fourth-order valence-corrected chi connectivity index (χ4v) is 1.42.